The van der Waals surface area contributed by atoms with Crippen molar-refractivity contribution in [3.8, 4) is 12.3 Å². The smallest absolute Gasteiger partial charge is 0.335 e. The number of nitrogens with two attached hydrogens (primary N) is 1. The minimum Gasteiger partial charge on any atom is -0.478 e. The van der Waals surface area contributed by atoms with Crippen molar-refractivity contribution in [2.24, 2.45) is 5.73 Å². The lowest BCUT2D eigenvalue weighted by Crippen LogP contribution is -1.93. The molecular formula is C10H11NO2. The Balaban J connectivity index is 0.000000310. The van der Waals surface area contributed by atoms with Crippen LogP contribution >= 0.6 is 0 Å². The van der Waals surface area contributed by atoms with Gasteiger partial charge in [0, 0.05) is 0 Å². The van der Waals surface area contributed by atoms with Crippen molar-refractivity contribution in [1.82, 2.24) is 0 Å². The van der Waals surface area contributed by atoms with Crippen LogP contribution in [0.2, 0.25) is 0 Å². The number of hydrogen-bond acceptors (Lipinski definition) is 2. The van der Waals surface area contributed by atoms with Gasteiger partial charge in [-0.1, -0.05) is 24.1 Å². The molecule has 0 fully saturated rings. The predicted octanol–water partition coefficient (Wildman–Crippen LogP) is 0.963. The van der Waals surface area contributed by atoms with E-state index < -0.39 is 5.97 Å². The number of benzene rings is 1. The lowest BCUT2D eigenvalue weighted by atomic mass is 10.2. The molecule has 0 aliphatic carbocycles. The zero-order valence-electron chi connectivity index (χ0n) is 7.10. The first-order valence-electron chi connectivity index (χ1n) is 3.64. The van der Waals surface area contributed by atoms with E-state index >= 15 is 0 Å². The monoisotopic (exact) mass is 177 g/mol. The Morgan fingerprint density at radius 1 is 1.46 bits per heavy atom. The molecule has 0 amide bonds. The van der Waals surface area contributed by atoms with Gasteiger partial charge in [-0.25, -0.2) is 4.79 Å². The number of terminal acetylenes is 1. The highest BCUT2D eigenvalue weighted by atomic mass is 16.4. The number of carbonyl (C=O) groups is 1. The maximum absolute atomic E-state index is 10.2. The summed E-state index contributed by atoms with van der Waals surface area (Å²) in [5.74, 6) is 1.33. The van der Waals surface area contributed by atoms with E-state index in [-0.39, 0.29) is 0 Å². The maximum Gasteiger partial charge on any atom is 0.335 e. The number of carboxylic acid groups (broad SMARTS) is 1. The van der Waals surface area contributed by atoms with Gasteiger partial charge >= 0.3 is 5.97 Å². The van der Waals surface area contributed by atoms with Gasteiger partial charge in [0.05, 0.1) is 12.1 Å². The zero-order chi connectivity index (χ0) is 10.1. The molecule has 3 heteroatoms. The summed E-state index contributed by atoms with van der Waals surface area (Å²) < 4.78 is 0. The van der Waals surface area contributed by atoms with Crippen LogP contribution in [0.4, 0.5) is 0 Å². The van der Waals surface area contributed by atoms with Gasteiger partial charge in [0.1, 0.15) is 0 Å². The minimum atomic E-state index is -0.879. The van der Waals surface area contributed by atoms with Gasteiger partial charge in [0.25, 0.3) is 0 Å². The Morgan fingerprint density at radius 2 is 1.92 bits per heavy atom. The zero-order valence-corrected chi connectivity index (χ0v) is 7.10. The molecule has 0 aliphatic rings. The summed E-state index contributed by atoms with van der Waals surface area (Å²) in [6.45, 7) is 0.347. The summed E-state index contributed by atoms with van der Waals surface area (Å²) in [7, 11) is 0. The summed E-state index contributed by atoms with van der Waals surface area (Å²) in [6, 6.07) is 8.30. The topological polar surface area (TPSA) is 63.3 Å². The highest BCUT2D eigenvalue weighted by molar-refractivity contribution is 5.87. The van der Waals surface area contributed by atoms with Crippen LogP contribution in [0.15, 0.2) is 30.3 Å². The molecule has 0 unspecified atom stereocenters. The molecule has 3 N–H and O–H groups in total. The molecule has 0 saturated carbocycles. The fourth-order valence-electron chi connectivity index (χ4n) is 0.581. The van der Waals surface area contributed by atoms with Crippen LogP contribution in [0.1, 0.15) is 10.4 Å². The third-order valence-corrected chi connectivity index (χ3v) is 1.14. The normalized spacial score (nSPS) is 7.69. The Hall–Kier alpha value is -1.79. The molecule has 1 aromatic rings. The number of carboxylic acids is 1. The Bertz CT molecular complexity index is 288. The molecule has 0 aromatic heterocycles. The summed E-state index contributed by atoms with van der Waals surface area (Å²) in [5.41, 5.74) is 5.12. The third-order valence-electron chi connectivity index (χ3n) is 1.14. The van der Waals surface area contributed by atoms with Crippen LogP contribution in [0.25, 0.3) is 0 Å². The second-order valence-electron chi connectivity index (χ2n) is 2.08. The average molecular weight is 177 g/mol. The van der Waals surface area contributed by atoms with E-state index in [0.29, 0.717) is 12.1 Å². The summed E-state index contributed by atoms with van der Waals surface area (Å²) >= 11 is 0. The van der Waals surface area contributed by atoms with Crippen LogP contribution in [-0.2, 0) is 0 Å². The lowest BCUT2D eigenvalue weighted by molar-refractivity contribution is 0.0697. The average Bonchev–Trinajstić information content (AvgIpc) is 2.19. The van der Waals surface area contributed by atoms with Crippen molar-refractivity contribution in [3.63, 3.8) is 0 Å². The van der Waals surface area contributed by atoms with Crippen molar-refractivity contribution in [1.29, 1.82) is 0 Å². The Kier molecular flexibility index (Phi) is 5.94. The second-order valence-corrected chi connectivity index (χ2v) is 2.08. The van der Waals surface area contributed by atoms with E-state index in [1.165, 1.54) is 0 Å². The van der Waals surface area contributed by atoms with Crippen molar-refractivity contribution in [3.05, 3.63) is 35.9 Å². The second kappa shape index (κ2) is 6.89. The van der Waals surface area contributed by atoms with Gasteiger partial charge in [0.2, 0.25) is 0 Å². The molecule has 0 spiro atoms. The van der Waals surface area contributed by atoms with Crippen LogP contribution in [-0.4, -0.2) is 17.6 Å². The largest absolute Gasteiger partial charge is 0.478 e. The van der Waals surface area contributed by atoms with Crippen LogP contribution in [0.3, 0.4) is 0 Å². The van der Waals surface area contributed by atoms with Crippen molar-refractivity contribution >= 4 is 5.97 Å². The van der Waals surface area contributed by atoms with Gasteiger partial charge in [0.15, 0.2) is 0 Å². The molecule has 0 aliphatic heterocycles. The third kappa shape index (κ3) is 5.48. The van der Waals surface area contributed by atoms with E-state index in [1.807, 2.05) is 0 Å². The molecule has 0 atom stereocenters. The van der Waals surface area contributed by atoms with Crippen molar-refractivity contribution in [2.75, 3.05) is 6.54 Å². The first-order valence-corrected chi connectivity index (χ1v) is 3.64. The molecule has 0 bridgehead atoms. The fraction of sp³-hybridized carbons (Fsp3) is 0.100. The van der Waals surface area contributed by atoms with Crippen molar-refractivity contribution < 1.29 is 9.90 Å². The van der Waals surface area contributed by atoms with Gasteiger partial charge in [-0.15, -0.1) is 6.42 Å². The molecule has 1 rings (SSSR count). The van der Waals surface area contributed by atoms with E-state index in [0.717, 1.165) is 0 Å². The van der Waals surface area contributed by atoms with E-state index in [1.54, 1.807) is 30.3 Å². The molecule has 0 heterocycles. The van der Waals surface area contributed by atoms with Crippen LogP contribution < -0.4 is 5.73 Å². The van der Waals surface area contributed by atoms with Crippen LogP contribution in [0.5, 0.6) is 0 Å². The van der Waals surface area contributed by atoms with E-state index in [9.17, 15) is 4.79 Å². The van der Waals surface area contributed by atoms with Gasteiger partial charge in [-0.2, -0.15) is 0 Å². The highest BCUT2D eigenvalue weighted by Crippen LogP contribution is 1.96. The summed E-state index contributed by atoms with van der Waals surface area (Å²) in [5, 5.41) is 8.38. The number of rotatable bonds is 1. The molecule has 1 aromatic carbocycles. The van der Waals surface area contributed by atoms with E-state index in [4.69, 9.17) is 10.8 Å². The van der Waals surface area contributed by atoms with Gasteiger partial charge < -0.3 is 10.8 Å². The lowest BCUT2D eigenvalue weighted by Gasteiger charge is -1.88. The SMILES string of the molecule is C#CCN.O=C(O)c1ccccc1. The summed E-state index contributed by atoms with van der Waals surface area (Å²) in [4.78, 5) is 10.2. The van der Waals surface area contributed by atoms with Gasteiger partial charge in [-0.3, -0.25) is 0 Å². The Morgan fingerprint density at radius 3 is 2.15 bits per heavy atom. The van der Waals surface area contributed by atoms with Crippen LogP contribution in [0, 0.1) is 12.3 Å². The minimum absolute atomic E-state index is 0.331. The molecule has 3 nitrogen and oxygen atoms in total. The van der Waals surface area contributed by atoms with Crippen molar-refractivity contribution in [2.45, 2.75) is 0 Å². The molecular weight excluding hydrogens is 166 g/mol. The highest BCUT2D eigenvalue weighted by Gasteiger charge is 1.96. The number of hydrogen-bond donors (Lipinski definition) is 2. The Labute approximate surface area is 77.2 Å². The first-order chi connectivity index (χ1) is 6.22. The van der Waals surface area contributed by atoms with Gasteiger partial charge in [-0.05, 0) is 12.1 Å². The maximum atomic E-state index is 10.2. The predicted molar refractivity (Wildman–Crippen MR) is 51.3 cm³/mol. The molecule has 0 radical (unpaired) electrons. The van der Waals surface area contributed by atoms with E-state index in [2.05, 4.69) is 12.3 Å². The number of aromatic carboxylic acids is 1. The molecule has 13 heavy (non-hydrogen) atoms. The molecule has 0 saturated heterocycles. The molecule has 68 valence electrons. The fourth-order valence-corrected chi connectivity index (χ4v) is 0.581. The quantitative estimate of drug-likeness (QED) is 0.628. The standard InChI is InChI=1S/C7H6O2.C3H5N/c8-7(9)6-4-2-1-3-5-6;1-2-3-4/h1-5H,(H,8,9);1H,3-4H2. The summed E-state index contributed by atoms with van der Waals surface area (Å²) in [6.07, 6.45) is 4.65. The first kappa shape index (κ1) is 11.2.